The molecule has 186 valence electrons. The van der Waals surface area contributed by atoms with Gasteiger partial charge in [-0.1, -0.05) is 30.3 Å². The Balaban J connectivity index is 0.00000272. The van der Waals surface area contributed by atoms with Gasteiger partial charge in [-0.2, -0.15) is 0 Å². The number of carboxylic acid groups (broad SMARTS) is 1. The molecule has 1 aromatic carbocycles. The van der Waals surface area contributed by atoms with E-state index in [1.165, 1.54) is 4.90 Å². The lowest BCUT2D eigenvalue weighted by atomic mass is 10.0. The van der Waals surface area contributed by atoms with E-state index in [0.29, 0.717) is 25.8 Å². The van der Waals surface area contributed by atoms with Crippen molar-refractivity contribution in [1.29, 1.82) is 0 Å². The summed E-state index contributed by atoms with van der Waals surface area (Å²) < 4.78 is 4.98. The van der Waals surface area contributed by atoms with Gasteiger partial charge in [0.05, 0.1) is 16.7 Å². The van der Waals surface area contributed by atoms with Crippen LogP contribution in [-0.4, -0.2) is 80.2 Å². The minimum atomic E-state index is -0.975. The number of aliphatic carboxylic acids is 1. The van der Waals surface area contributed by atoms with Gasteiger partial charge in [0.25, 0.3) is 0 Å². The molecule has 2 saturated heterocycles. The highest BCUT2D eigenvalue weighted by Gasteiger charge is 2.52. The van der Waals surface area contributed by atoms with Crippen LogP contribution in [0.5, 0.6) is 0 Å². The smallest absolute Gasteiger partial charge is 0.326 e. The molecule has 1 amide bonds. The summed E-state index contributed by atoms with van der Waals surface area (Å²) in [5.74, 6) is 0.282. The average Bonchev–Trinajstić information content (AvgIpc) is 3.38. The Kier molecular flexibility index (Phi) is 12.0. The Labute approximate surface area is 209 Å². The lowest BCUT2D eigenvalue weighted by Crippen LogP contribution is -2.53. The normalized spacial score (nSPS) is 20.4. The molecule has 3 atom stereocenters. The first-order valence-electron chi connectivity index (χ1n) is 10.6. The largest absolute Gasteiger partial charge is 0.480 e. The van der Waals surface area contributed by atoms with Gasteiger partial charge in [0.15, 0.2) is 0 Å². The maximum Gasteiger partial charge on any atom is 0.326 e. The first-order chi connectivity index (χ1) is 14.8. The van der Waals surface area contributed by atoms with Crippen molar-refractivity contribution in [3.05, 3.63) is 35.9 Å². The minimum Gasteiger partial charge on any atom is -0.480 e. The number of aryl methyl sites for hydroxylation is 1. The Morgan fingerprint density at radius 1 is 1.24 bits per heavy atom. The lowest BCUT2D eigenvalue weighted by Gasteiger charge is -2.28. The maximum atomic E-state index is 13.2. The molecule has 2 aliphatic rings. The van der Waals surface area contributed by atoms with E-state index in [1.807, 2.05) is 30.3 Å². The first-order valence-corrected chi connectivity index (χ1v) is 12.6. The molecule has 0 aliphatic carbocycles. The van der Waals surface area contributed by atoms with Gasteiger partial charge in [0.2, 0.25) is 5.91 Å². The molecule has 3 rings (SSSR count). The molecule has 0 aromatic heterocycles. The third-order valence-electron chi connectivity index (χ3n) is 5.63. The van der Waals surface area contributed by atoms with Crippen LogP contribution >= 0.6 is 35.9 Å². The van der Waals surface area contributed by atoms with Crippen LogP contribution < -0.4 is 5.32 Å². The number of hydrogen-bond donors (Lipinski definition) is 2. The van der Waals surface area contributed by atoms with Crippen molar-refractivity contribution in [3.63, 3.8) is 0 Å². The van der Waals surface area contributed by atoms with E-state index in [9.17, 15) is 19.5 Å². The molecule has 0 saturated carbocycles. The summed E-state index contributed by atoms with van der Waals surface area (Å²) in [6.07, 6.45) is 1.60. The monoisotopic (exact) mass is 520 g/mol. The number of esters is 1. The molecule has 4 N–H and O–H groups in total. The second-order valence-electron chi connectivity index (χ2n) is 7.85. The van der Waals surface area contributed by atoms with Crippen LogP contribution in [0.1, 0.15) is 32.3 Å². The number of nitrogens with one attached hydrogen (secondary N) is 1. The molecule has 2 fully saturated rings. The fourth-order valence-electron chi connectivity index (χ4n) is 4.09. The van der Waals surface area contributed by atoms with Gasteiger partial charge in [-0.25, -0.2) is 4.79 Å². The van der Waals surface area contributed by atoms with Crippen LogP contribution in [-0.2, 0) is 25.5 Å². The molecule has 33 heavy (non-hydrogen) atoms. The number of hydrogen-bond acceptors (Lipinski definition) is 7. The molecule has 11 heteroatoms. The number of halogens is 1. The number of benzene rings is 1. The summed E-state index contributed by atoms with van der Waals surface area (Å²) in [6, 6.07) is 7.65. The van der Waals surface area contributed by atoms with Crippen LogP contribution in [0.2, 0.25) is 0 Å². The van der Waals surface area contributed by atoms with Crippen LogP contribution in [0, 0.1) is 0 Å². The van der Waals surface area contributed by atoms with E-state index in [1.54, 1.807) is 37.4 Å². The standard InChI is InChI=1S/C22H30N2O5S2.ClH.H2O/c1-3-29-21(28)17(10-9-16-7-5-4-6-8-16)23-15(2)19(25)24-14-22(30-11-12-31-22)13-18(24)20(26)27;;/h4-8,15,17-18,23H,3,9-14H2,1-2H3,(H,26,27);1H;1H2/t15-,17-,18-;;/m0../s1. The summed E-state index contributed by atoms with van der Waals surface area (Å²) in [6.45, 7) is 4.11. The van der Waals surface area contributed by atoms with Gasteiger partial charge in [-0.15, -0.1) is 35.9 Å². The molecule has 2 aliphatic heterocycles. The maximum absolute atomic E-state index is 13.2. The Hall–Kier alpha value is -1.46. The molecule has 8 nitrogen and oxygen atoms in total. The predicted molar refractivity (Wildman–Crippen MR) is 134 cm³/mol. The molecule has 2 heterocycles. The van der Waals surface area contributed by atoms with Gasteiger partial charge in [-0.05, 0) is 32.3 Å². The SMILES string of the molecule is CCOC(=O)[C@H](CCc1ccccc1)N[C@@H](C)C(=O)N1CC2(C[C@H]1C(=O)O)SCCS2.Cl.O. The molecule has 0 bridgehead atoms. The summed E-state index contributed by atoms with van der Waals surface area (Å²) in [4.78, 5) is 39.1. The fraction of sp³-hybridized carbons (Fsp3) is 0.591. The summed E-state index contributed by atoms with van der Waals surface area (Å²) in [5.41, 5.74) is 1.10. The number of amides is 1. The second kappa shape index (κ2) is 13.4. The number of ether oxygens (including phenoxy) is 1. The van der Waals surface area contributed by atoms with Crippen molar-refractivity contribution >= 4 is 53.8 Å². The first kappa shape index (κ1) is 29.6. The fourth-order valence-corrected chi connectivity index (χ4v) is 7.34. The molecular formula is C22H33ClN2O6S2. The quantitative estimate of drug-likeness (QED) is 0.473. The van der Waals surface area contributed by atoms with Crippen molar-refractivity contribution in [3.8, 4) is 0 Å². The highest BCUT2D eigenvalue weighted by molar-refractivity contribution is 8.21. The molecule has 0 unspecified atom stereocenters. The lowest BCUT2D eigenvalue weighted by molar-refractivity contribution is -0.150. The minimum absolute atomic E-state index is 0. The van der Waals surface area contributed by atoms with Crippen molar-refractivity contribution in [2.45, 2.75) is 55.3 Å². The number of likely N-dealkylation sites (tertiary alicyclic amines) is 1. The second-order valence-corrected chi connectivity index (χ2v) is 11.1. The highest BCUT2D eigenvalue weighted by atomic mass is 35.5. The zero-order valence-electron chi connectivity index (χ0n) is 18.8. The number of thioether (sulfide) groups is 2. The van der Waals surface area contributed by atoms with Gasteiger partial charge in [0.1, 0.15) is 12.1 Å². The van der Waals surface area contributed by atoms with Gasteiger partial charge >= 0.3 is 11.9 Å². The van der Waals surface area contributed by atoms with Gasteiger partial charge < -0.3 is 20.2 Å². The predicted octanol–water partition coefficient (Wildman–Crippen LogP) is 1.99. The molecule has 0 radical (unpaired) electrons. The number of carbonyl (C=O) groups is 3. The zero-order valence-corrected chi connectivity index (χ0v) is 21.3. The summed E-state index contributed by atoms with van der Waals surface area (Å²) in [5, 5.41) is 12.8. The van der Waals surface area contributed by atoms with Crippen molar-refractivity contribution in [2.75, 3.05) is 24.7 Å². The van der Waals surface area contributed by atoms with E-state index in [0.717, 1.165) is 17.1 Å². The molecule has 1 spiro atoms. The van der Waals surface area contributed by atoms with Gasteiger partial charge in [0, 0.05) is 24.5 Å². The summed E-state index contributed by atoms with van der Waals surface area (Å²) >= 11 is 3.50. The number of rotatable bonds is 9. The Morgan fingerprint density at radius 2 is 1.88 bits per heavy atom. The average molecular weight is 521 g/mol. The van der Waals surface area contributed by atoms with Crippen molar-refractivity contribution < 1.29 is 29.7 Å². The zero-order chi connectivity index (χ0) is 22.4. The Morgan fingerprint density at radius 3 is 2.45 bits per heavy atom. The van der Waals surface area contributed by atoms with E-state index < -0.39 is 30.1 Å². The van der Waals surface area contributed by atoms with E-state index in [4.69, 9.17) is 4.74 Å². The third kappa shape index (κ3) is 7.51. The summed E-state index contributed by atoms with van der Waals surface area (Å²) in [7, 11) is 0. The highest BCUT2D eigenvalue weighted by Crippen LogP contribution is 2.51. The van der Waals surface area contributed by atoms with E-state index in [-0.39, 0.29) is 34.5 Å². The Bertz CT molecular complexity index is 794. The van der Waals surface area contributed by atoms with Crippen LogP contribution in [0.25, 0.3) is 0 Å². The van der Waals surface area contributed by atoms with E-state index in [2.05, 4.69) is 5.32 Å². The third-order valence-corrected chi connectivity index (χ3v) is 9.06. The number of nitrogens with zero attached hydrogens (tertiary/aromatic N) is 1. The van der Waals surface area contributed by atoms with Gasteiger partial charge in [-0.3, -0.25) is 14.9 Å². The van der Waals surface area contributed by atoms with Crippen LogP contribution in [0.3, 0.4) is 0 Å². The van der Waals surface area contributed by atoms with Crippen molar-refractivity contribution in [2.24, 2.45) is 0 Å². The van der Waals surface area contributed by atoms with Crippen LogP contribution in [0.15, 0.2) is 30.3 Å². The topological polar surface area (TPSA) is 127 Å². The van der Waals surface area contributed by atoms with Crippen molar-refractivity contribution in [1.82, 2.24) is 10.2 Å². The van der Waals surface area contributed by atoms with E-state index >= 15 is 0 Å². The number of carboxylic acids is 1. The molecule has 1 aromatic rings. The number of carbonyl (C=O) groups excluding carboxylic acids is 2. The van der Waals surface area contributed by atoms with Crippen LogP contribution in [0.4, 0.5) is 0 Å². The molecular weight excluding hydrogens is 488 g/mol.